The summed E-state index contributed by atoms with van der Waals surface area (Å²) in [6, 6.07) is 5.02. The normalized spacial score (nSPS) is 12.3. The fraction of sp³-hybridized carbons (Fsp3) is 0.368. The van der Waals surface area contributed by atoms with Gasteiger partial charge in [-0.3, -0.25) is 18.7 Å². The second-order valence-electron chi connectivity index (χ2n) is 6.88. The molecule has 0 saturated carbocycles. The van der Waals surface area contributed by atoms with Gasteiger partial charge in [-0.2, -0.15) is 0 Å². The minimum absolute atomic E-state index is 0.117. The Morgan fingerprint density at radius 1 is 1.17 bits per heavy atom. The highest BCUT2D eigenvalue weighted by Crippen LogP contribution is 2.25. The van der Waals surface area contributed by atoms with E-state index in [0.29, 0.717) is 34.2 Å². The van der Waals surface area contributed by atoms with Gasteiger partial charge in [-0.25, -0.2) is 9.78 Å². The maximum atomic E-state index is 12.4. The Bertz CT molecular complexity index is 1190. The lowest BCUT2D eigenvalue weighted by atomic mass is 10.1. The van der Waals surface area contributed by atoms with Crippen molar-refractivity contribution in [3.63, 3.8) is 0 Å². The molecule has 2 heterocycles. The molecule has 154 valence electrons. The van der Waals surface area contributed by atoms with E-state index in [1.54, 1.807) is 23.7 Å². The zero-order chi connectivity index (χ0) is 21.3. The molecule has 1 atom stereocenters. The number of nitrogens with one attached hydrogen (secondary N) is 1. The summed E-state index contributed by atoms with van der Waals surface area (Å²) in [7, 11) is 3.00. The molecule has 0 fully saturated rings. The average molecular weight is 438 g/mol. The largest absolute Gasteiger partial charge is 0.350 e. The molecule has 0 aliphatic rings. The fourth-order valence-corrected chi connectivity index (χ4v) is 3.46. The van der Waals surface area contributed by atoms with Crippen molar-refractivity contribution in [3.8, 4) is 0 Å². The van der Waals surface area contributed by atoms with Gasteiger partial charge in [-0.1, -0.05) is 29.3 Å². The van der Waals surface area contributed by atoms with E-state index in [-0.39, 0.29) is 18.4 Å². The van der Waals surface area contributed by atoms with Gasteiger partial charge in [0.25, 0.3) is 5.56 Å². The standard InChI is InChI=1S/C19H21Cl2N5O3/c1-11(12-6-7-13(20)14(21)9-12)23-15(27)5-4-8-26-10-22-17-16(26)18(28)25(3)19(29)24(17)2/h6-7,9-11H,4-5,8H2,1-3H3,(H,23,27). The summed E-state index contributed by atoms with van der Waals surface area (Å²) in [6.45, 7) is 2.30. The quantitative estimate of drug-likeness (QED) is 0.640. The van der Waals surface area contributed by atoms with Gasteiger partial charge < -0.3 is 9.88 Å². The lowest BCUT2D eigenvalue weighted by molar-refractivity contribution is -0.121. The van der Waals surface area contributed by atoms with Gasteiger partial charge >= 0.3 is 5.69 Å². The summed E-state index contributed by atoms with van der Waals surface area (Å²) in [4.78, 5) is 40.9. The number of amides is 1. The molecule has 1 unspecified atom stereocenters. The van der Waals surface area contributed by atoms with Crippen molar-refractivity contribution in [3.05, 3.63) is 61.0 Å². The maximum Gasteiger partial charge on any atom is 0.332 e. The van der Waals surface area contributed by atoms with Crippen LogP contribution in [0.5, 0.6) is 0 Å². The number of imidazole rings is 1. The predicted molar refractivity (Wildman–Crippen MR) is 112 cm³/mol. The average Bonchev–Trinajstić information content (AvgIpc) is 3.10. The van der Waals surface area contributed by atoms with Crippen molar-refractivity contribution >= 4 is 40.3 Å². The number of carbonyl (C=O) groups excluding carboxylic acids is 1. The van der Waals surface area contributed by atoms with Crippen LogP contribution in [0.1, 0.15) is 31.4 Å². The number of halogens is 2. The third-order valence-electron chi connectivity index (χ3n) is 4.84. The summed E-state index contributed by atoms with van der Waals surface area (Å²) in [5.74, 6) is -0.117. The van der Waals surface area contributed by atoms with Crippen LogP contribution in [0.4, 0.5) is 0 Å². The molecule has 10 heteroatoms. The maximum absolute atomic E-state index is 12.4. The molecule has 3 aromatic rings. The van der Waals surface area contributed by atoms with Crippen LogP contribution in [0.2, 0.25) is 10.0 Å². The molecular weight excluding hydrogens is 417 g/mol. The molecule has 0 aliphatic heterocycles. The monoisotopic (exact) mass is 437 g/mol. The Hall–Kier alpha value is -2.58. The van der Waals surface area contributed by atoms with E-state index in [1.165, 1.54) is 17.9 Å². The van der Waals surface area contributed by atoms with Crippen molar-refractivity contribution in [1.82, 2.24) is 24.0 Å². The lowest BCUT2D eigenvalue weighted by Gasteiger charge is -2.15. The zero-order valence-corrected chi connectivity index (χ0v) is 17.8. The van der Waals surface area contributed by atoms with Crippen molar-refractivity contribution in [1.29, 1.82) is 0 Å². The van der Waals surface area contributed by atoms with Crippen LogP contribution in [0.3, 0.4) is 0 Å². The van der Waals surface area contributed by atoms with Crippen LogP contribution in [0.15, 0.2) is 34.1 Å². The molecule has 3 rings (SSSR count). The Morgan fingerprint density at radius 3 is 2.59 bits per heavy atom. The first-order chi connectivity index (χ1) is 13.7. The van der Waals surface area contributed by atoms with E-state index in [9.17, 15) is 14.4 Å². The smallest absolute Gasteiger partial charge is 0.332 e. The molecule has 1 aromatic carbocycles. The number of aromatic nitrogens is 4. The molecule has 2 aromatic heterocycles. The highest BCUT2D eigenvalue weighted by Gasteiger charge is 2.15. The highest BCUT2D eigenvalue weighted by atomic mass is 35.5. The van der Waals surface area contributed by atoms with E-state index in [4.69, 9.17) is 23.2 Å². The van der Waals surface area contributed by atoms with Gasteiger partial charge in [0.05, 0.1) is 22.4 Å². The first kappa shape index (κ1) is 21.1. The summed E-state index contributed by atoms with van der Waals surface area (Å²) in [6.07, 6.45) is 2.30. The number of hydrogen-bond acceptors (Lipinski definition) is 4. The van der Waals surface area contributed by atoms with Gasteiger partial charge in [-0.15, -0.1) is 0 Å². The van der Waals surface area contributed by atoms with Crippen molar-refractivity contribution in [2.24, 2.45) is 14.1 Å². The molecule has 0 spiro atoms. The minimum atomic E-state index is -0.427. The van der Waals surface area contributed by atoms with Crippen molar-refractivity contribution in [2.75, 3.05) is 0 Å². The second kappa shape index (κ2) is 8.42. The zero-order valence-electron chi connectivity index (χ0n) is 16.3. The summed E-state index contributed by atoms with van der Waals surface area (Å²) < 4.78 is 4.05. The predicted octanol–water partition coefficient (Wildman–Crippen LogP) is 2.40. The SMILES string of the molecule is CC(NC(=O)CCCn1cnc2c1c(=O)n(C)c(=O)n2C)c1ccc(Cl)c(Cl)c1. The number of rotatable bonds is 6. The molecule has 1 N–H and O–H groups in total. The Labute approximate surface area is 176 Å². The van der Waals surface area contributed by atoms with Crippen LogP contribution < -0.4 is 16.6 Å². The Kier molecular flexibility index (Phi) is 6.14. The van der Waals surface area contributed by atoms with Gasteiger partial charge in [-0.05, 0) is 31.0 Å². The molecule has 0 aliphatic carbocycles. The van der Waals surface area contributed by atoms with Gasteiger partial charge in [0.1, 0.15) is 0 Å². The number of fused-ring (bicyclic) bond motifs is 1. The van der Waals surface area contributed by atoms with E-state index in [0.717, 1.165) is 10.1 Å². The minimum Gasteiger partial charge on any atom is -0.350 e. The van der Waals surface area contributed by atoms with Gasteiger partial charge in [0, 0.05) is 27.1 Å². The number of carbonyl (C=O) groups is 1. The molecule has 0 radical (unpaired) electrons. The molecule has 1 amide bonds. The van der Waals surface area contributed by atoms with E-state index < -0.39 is 11.2 Å². The summed E-state index contributed by atoms with van der Waals surface area (Å²) >= 11 is 11.9. The number of hydrogen-bond donors (Lipinski definition) is 1. The first-order valence-corrected chi connectivity index (χ1v) is 9.81. The van der Waals surface area contributed by atoms with Gasteiger partial charge in [0.2, 0.25) is 5.91 Å². The van der Waals surface area contributed by atoms with Gasteiger partial charge in [0.15, 0.2) is 11.2 Å². The third-order valence-corrected chi connectivity index (χ3v) is 5.58. The van der Waals surface area contributed by atoms with Crippen LogP contribution in [-0.4, -0.2) is 24.6 Å². The topological polar surface area (TPSA) is 90.9 Å². The number of benzene rings is 1. The fourth-order valence-electron chi connectivity index (χ4n) is 3.16. The van der Waals surface area contributed by atoms with Crippen LogP contribution in [0.25, 0.3) is 11.2 Å². The molecule has 0 bridgehead atoms. The van der Waals surface area contributed by atoms with Crippen LogP contribution >= 0.6 is 23.2 Å². The molecule has 0 saturated heterocycles. The highest BCUT2D eigenvalue weighted by molar-refractivity contribution is 6.42. The molecule has 8 nitrogen and oxygen atoms in total. The van der Waals surface area contributed by atoms with E-state index in [1.807, 2.05) is 13.0 Å². The van der Waals surface area contributed by atoms with Crippen LogP contribution in [-0.2, 0) is 25.4 Å². The Balaban J connectivity index is 1.64. The second-order valence-corrected chi connectivity index (χ2v) is 7.70. The number of nitrogens with zero attached hydrogens (tertiary/aromatic N) is 4. The summed E-state index contributed by atoms with van der Waals surface area (Å²) in [5.41, 5.74) is 0.703. The van der Waals surface area contributed by atoms with E-state index >= 15 is 0 Å². The number of aryl methyl sites for hydroxylation is 2. The van der Waals surface area contributed by atoms with Crippen molar-refractivity contribution < 1.29 is 4.79 Å². The van der Waals surface area contributed by atoms with Crippen LogP contribution in [0, 0.1) is 0 Å². The van der Waals surface area contributed by atoms with Crippen molar-refractivity contribution in [2.45, 2.75) is 32.4 Å². The molecule has 29 heavy (non-hydrogen) atoms. The first-order valence-electron chi connectivity index (χ1n) is 9.06. The summed E-state index contributed by atoms with van der Waals surface area (Å²) in [5, 5.41) is 3.82. The lowest BCUT2D eigenvalue weighted by Crippen LogP contribution is -2.37. The third kappa shape index (κ3) is 4.23. The van der Waals surface area contributed by atoms with E-state index in [2.05, 4.69) is 10.3 Å². The Morgan fingerprint density at radius 2 is 1.90 bits per heavy atom. The molecular formula is C19H21Cl2N5O3.